The molecule has 0 saturated carbocycles. The van der Waals surface area contributed by atoms with E-state index in [4.69, 9.17) is 9.47 Å². The van der Waals surface area contributed by atoms with Gasteiger partial charge in [-0.3, -0.25) is 9.69 Å². The number of piperidine rings is 2. The van der Waals surface area contributed by atoms with Gasteiger partial charge in [-0.15, -0.1) is 0 Å². The van der Waals surface area contributed by atoms with Gasteiger partial charge < -0.3 is 19.5 Å². The monoisotopic (exact) mass is 403 g/mol. The Hall–Kier alpha value is -2.19. The van der Waals surface area contributed by atoms with Crippen molar-refractivity contribution in [2.45, 2.75) is 44.3 Å². The minimum Gasteiger partial charge on any atom is -0.465 e. The van der Waals surface area contributed by atoms with Crippen LogP contribution in [0.15, 0.2) is 18.3 Å². The second kappa shape index (κ2) is 8.28. The normalized spacial score (nSPS) is 25.2. The second-order valence-corrected chi connectivity index (χ2v) is 8.43. The van der Waals surface area contributed by atoms with Gasteiger partial charge in [0.25, 0.3) is 0 Å². The molecule has 3 fully saturated rings. The average molecular weight is 403 g/mol. The maximum atomic E-state index is 12.7. The number of methoxy groups -OCH3 is 1. The molecular weight excluding hydrogens is 374 g/mol. The maximum Gasteiger partial charge on any atom is 0.339 e. The third-order valence-electron chi connectivity index (χ3n) is 6.56. The summed E-state index contributed by atoms with van der Waals surface area (Å²) < 4.78 is 10.5. The number of carbonyl (C=O) groups is 2. The van der Waals surface area contributed by atoms with Crippen LogP contribution in [0.5, 0.6) is 0 Å². The summed E-state index contributed by atoms with van der Waals surface area (Å²) >= 11 is 0. The molecule has 29 heavy (non-hydrogen) atoms. The number of likely N-dealkylation sites (tertiary alicyclic amines) is 1. The maximum absolute atomic E-state index is 12.7. The SMILES string of the molecule is COC(=O)c1ccc(N2CCC3(CC2)CC(CN2CCC(O)CC2)OC3=O)nc1. The van der Waals surface area contributed by atoms with Gasteiger partial charge in [0.1, 0.15) is 11.9 Å². The van der Waals surface area contributed by atoms with Crippen LogP contribution in [-0.4, -0.2) is 79.0 Å². The number of carbonyl (C=O) groups excluding carboxylic acids is 2. The van der Waals surface area contributed by atoms with Crippen LogP contribution in [-0.2, 0) is 14.3 Å². The summed E-state index contributed by atoms with van der Waals surface area (Å²) in [6.07, 6.45) is 5.15. The Morgan fingerprint density at radius 3 is 2.62 bits per heavy atom. The number of aliphatic hydroxyl groups is 1. The molecule has 0 aromatic carbocycles. The van der Waals surface area contributed by atoms with E-state index in [1.165, 1.54) is 13.3 Å². The molecular formula is C21H29N3O5. The summed E-state index contributed by atoms with van der Waals surface area (Å²) in [5, 5.41) is 9.66. The first-order valence-corrected chi connectivity index (χ1v) is 10.4. The number of pyridine rings is 1. The van der Waals surface area contributed by atoms with Crippen LogP contribution < -0.4 is 4.90 Å². The lowest BCUT2D eigenvalue weighted by Gasteiger charge is -2.37. The largest absolute Gasteiger partial charge is 0.465 e. The number of aliphatic hydroxyl groups excluding tert-OH is 1. The van der Waals surface area contributed by atoms with Crippen molar-refractivity contribution >= 4 is 17.8 Å². The molecule has 1 unspecified atom stereocenters. The van der Waals surface area contributed by atoms with Crippen LogP contribution in [0.4, 0.5) is 5.82 Å². The van der Waals surface area contributed by atoms with Crippen molar-refractivity contribution in [1.82, 2.24) is 9.88 Å². The minimum atomic E-state index is -0.399. The highest BCUT2D eigenvalue weighted by molar-refractivity contribution is 5.89. The molecule has 0 amide bonds. The lowest BCUT2D eigenvalue weighted by molar-refractivity contribution is -0.150. The van der Waals surface area contributed by atoms with E-state index in [0.29, 0.717) is 5.56 Å². The molecule has 3 saturated heterocycles. The zero-order valence-corrected chi connectivity index (χ0v) is 16.9. The number of aromatic nitrogens is 1. The van der Waals surface area contributed by atoms with Crippen molar-refractivity contribution in [3.05, 3.63) is 23.9 Å². The lowest BCUT2D eigenvalue weighted by Crippen LogP contribution is -2.43. The first kappa shape index (κ1) is 20.1. The highest BCUT2D eigenvalue weighted by Gasteiger charge is 2.50. The standard InChI is InChI=1S/C21H29N3O5/c1-28-19(26)15-2-3-18(22-13-15)24-10-6-21(7-11-24)12-17(29-20(21)27)14-23-8-4-16(25)5-9-23/h2-3,13,16-17,25H,4-12,14H2,1H3. The van der Waals surface area contributed by atoms with Crippen LogP contribution in [0, 0.1) is 5.41 Å². The number of anilines is 1. The molecule has 158 valence electrons. The van der Waals surface area contributed by atoms with Gasteiger partial charge in [-0.05, 0) is 37.8 Å². The van der Waals surface area contributed by atoms with Crippen molar-refractivity contribution in [1.29, 1.82) is 0 Å². The number of nitrogens with zero attached hydrogens (tertiary/aromatic N) is 3. The van der Waals surface area contributed by atoms with Gasteiger partial charge in [0.05, 0.1) is 24.2 Å². The zero-order valence-electron chi connectivity index (χ0n) is 16.9. The van der Waals surface area contributed by atoms with Crippen LogP contribution in [0.3, 0.4) is 0 Å². The van der Waals surface area contributed by atoms with Crippen LogP contribution in [0.1, 0.15) is 42.5 Å². The summed E-state index contributed by atoms with van der Waals surface area (Å²) in [5.74, 6) is 0.347. The molecule has 8 heteroatoms. The van der Waals surface area contributed by atoms with E-state index in [0.717, 1.165) is 70.6 Å². The van der Waals surface area contributed by atoms with Crippen molar-refractivity contribution in [3.8, 4) is 0 Å². The van der Waals surface area contributed by atoms with E-state index in [2.05, 4.69) is 14.8 Å². The molecule has 0 radical (unpaired) electrons. The molecule has 3 aliphatic rings. The van der Waals surface area contributed by atoms with Crippen molar-refractivity contribution in [2.75, 3.05) is 44.7 Å². The smallest absolute Gasteiger partial charge is 0.339 e. The zero-order chi connectivity index (χ0) is 20.4. The van der Waals surface area contributed by atoms with Crippen LogP contribution >= 0.6 is 0 Å². The number of hydrogen-bond donors (Lipinski definition) is 1. The first-order valence-electron chi connectivity index (χ1n) is 10.4. The molecule has 3 aliphatic heterocycles. The third-order valence-corrected chi connectivity index (χ3v) is 6.56. The summed E-state index contributed by atoms with van der Waals surface area (Å²) in [6.45, 7) is 3.97. The third kappa shape index (κ3) is 4.23. The molecule has 1 spiro atoms. The van der Waals surface area contributed by atoms with E-state index >= 15 is 0 Å². The molecule has 0 bridgehead atoms. The highest BCUT2D eigenvalue weighted by atomic mass is 16.6. The molecule has 4 rings (SSSR count). The number of rotatable bonds is 4. The van der Waals surface area contributed by atoms with Crippen molar-refractivity contribution in [2.24, 2.45) is 5.41 Å². The Morgan fingerprint density at radius 2 is 2.00 bits per heavy atom. The topological polar surface area (TPSA) is 92.2 Å². The Bertz CT molecular complexity index is 737. The number of cyclic esters (lactones) is 1. The van der Waals surface area contributed by atoms with Gasteiger partial charge in [-0.1, -0.05) is 0 Å². The molecule has 1 atom stereocenters. The second-order valence-electron chi connectivity index (χ2n) is 8.43. The summed E-state index contributed by atoms with van der Waals surface area (Å²) in [7, 11) is 1.35. The summed E-state index contributed by atoms with van der Waals surface area (Å²) in [4.78, 5) is 33.1. The van der Waals surface area contributed by atoms with Gasteiger partial charge in [0.2, 0.25) is 0 Å². The average Bonchev–Trinajstić information content (AvgIpc) is 3.04. The molecule has 8 nitrogen and oxygen atoms in total. The highest BCUT2D eigenvalue weighted by Crippen LogP contribution is 2.44. The predicted octanol–water partition coefficient (Wildman–Crippen LogP) is 1.23. The Morgan fingerprint density at radius 1 is 1.28 bits per heavy atom. The van der Waals surface area contributed by atoms with E-state index < -0.39 is 5.97 Å². The van der Waals surface area contributed by atoms with Gasteiger partial charge in [-0.2, -0.15) is 0 Å². The summed E-state index contributed by atoms with van der Waals surface area (Å²) in [6, 6.07) is 3.54. The number of hydrogen-bond acceptors (Lipinski definition) is 8. The number of esters is 2. The van der Waals surface area contributed by atoms with E-state index in [-0.39, 0.29) is 23.6 Å². The van der Waals surface area contributed by atoms with E-state index in [9.17, 15) is 14.7 Å². The molecule has 1 aromatic rings. The first-order chi connectivity index (χ1) is 14.0. The van der Waals surface area contributed by atoms with E-state index in [1.807, 2.05) is 6.07 Å². The fraction of sp³-hybridized carbons (Fsp3) is 0.667. The molecule has 1 aromatic heterocycles. The fourth-order valence-corrected chi connectivity index (χ4v) is 4.71. The van der Waals surface area contributed by atoms with Crippen molar-refractivity contribution in [3.63, 3.8) is 0 Å². The minimum absolute atomic E-state index is 0.0539. The Kier molecular flexibility index (Phi) is 5.74. The predicted molar refractivity (Wildman–Crippen MR) is 106 cm³/mol. The Balaban J connectivity index is 1.32. The Labute approximate surface area is 170 Å². The molecule has 4 heterocycles. The molecule has 1 N–H and O–H groups in total. The fourth-order valence-electron chi connectivity index (χ4n) is 4.71. The van der Waals surface area contributed by atoms with Crippen LogP contribution in [0.25, 0.3) is 0 Å². The lowest BCUT2D eigenvalue weighted by atomic mass is 9.76. The van der Waals surface area contributed by atoms with Gasteiger partial charge >= 0.3 is 11.9 Å². The van der Waals surface area contributed by atoms with Gasteiger partial charge in [-0.25, -0.2) is 9.78 Å². The van der Waals surface area contributed by atoms with Crippen molar-refractivity contribution < 1.29 is 24.2 Å². The number of ether oxygens (including phenoxy) is 2. The van der Waals surface area contributed by atoms with Crippen LogP contribution in [0.2, 0.25) is 0 Å². The quantitative estimate of drug-likeness (QED) is 0.751. The van der Waals surface area contributed by atoms with E-state index in [1.54, 1.807) is 6.07 Å². The molecule has 0 aliphatic carbocycles. The van der Waals surface area contributed by atoms with Gasteiger partial charge in [0.15, 0.2) is 0 Å². The summed E-state index contributed by atoms with van der Waals surface area (Å²) in [5.41, 5.74) is 0.0415. The van der Waals surface area contributed by atoms with Gasteiger partial charge in [0, 0.05) is 45.3 Å².